The highest BCUT2D eigenvalue weighted by Crippen LogP contribution is 2.43. The lowest BCUT2D eigenvalue weighted by Crippen LogP contribution is -2.42. The van der Waals surface area contributed by atoms with Crippen molar-refractivity contribution in [2.24, 2.45) is 0 Å². The minimum absolute atomic E-state index is 0.342. The largest absolute Gasteiger partial charge is 0.375 e. The van der Waals surface area contributed by atoms with E-state index in [1.54, 1.807) is 47.4 Å². The molecule has 1 aliphatic rings. The van der Waals surface area contributed by atoms with Gasteiger partial charge in [-0.25, -0.2) is 0 Å². The summed E-state index contributed by atoms with van der Waals surface area (Å²) in [5, 5.41) is 13.6. The molecule has 1 atom stereocenters. The fraction of sp³-hybridized carbons (Fsp3) is 0.185. The number of carbonyl (C=O) groups excluding carboxylic acids is 2. The predicted molar refractivity (Wildman–Crippen MR) is 135 cm³/mol. The molecular weight excluding hydrogens is 471 g/mol. The van der Waals surface area contributed by atoms with Crippen LogP contribution in [0.5, 0.6) is 0 Å². The monoisotopic (exact) mass is 492 g/mol. The number of amides is 1. The van der Waals surface area contributed by atoms with Crippen LogP contribution in [0.15, 0.2) is 72.9 Å². The van der Waals surface area contributed by atoms with Gasteiger partial charge >= 0.3 is 0 Å². The summed E-state index contributed by atoms with van der Waals surface area (Å²) in [6.07, 6.45) is 3.02. The molecule has 0 aliphatic carbocycles. The number of benzene rings is 3. The number of fused-ring (bicyclic) bond motifs is 2. The van der Waals surface area contributed by atoms with Crippen molar-refractivity contribution in [1.29, 1.82) is 0 Å². The molecule has 0 saturated carbocycles. The molecule has 7 heteroatoms. The number of anilines is 1. The molecule has 34 heavy (non-hydrogen) atoms. The van der Waals surface area contributed by atoms with Crippen molar-refractivity contribution < 1.29 is 14.7 Å². The molecule has 5 nitrogen and oxygen atoms in total. The average Bonchev–Trinajstić information content (AvgIpc) is 3.31. The zero-order valence-corrected chi connectivity index (χ0v) is 19.7. The van der Waals surface area contributed by atoms with Crippen LogP contribution in [0.2, 0.25) is 10.0 Å². The Balaban J connectivity index is 1.36. The van der Waals surface area contributed by atoms with Gasteiger partial charge in [0.2, 0.25) is 0 Å². The first-order valence-electron chi connectivity index (χ1n) is 11.0. The summed E-state index contributed by atoms with van der Waals surface area (Å²) in [6, 6.07) is 19.3. The topological polar surface area (TPSA) is 73.4 Å². The minimum atomic E-state index is -1.91. The number of nitrogens with zero attached hydrogens (tertiary/aromatic N) is 1. The van der Waals surface area contributed by atoms with E-state index in [2.05, 4.69) is 4.98 Å². The van der Waals surface area contributed by atoms with Gasteiger partial charge in [0, 0.05) is 44.8 Å². The van der Waals surface area contributed by atoms with Gasteiger partial charge in [0.15, 0.2) is 11.4 Å². The first-order chi connectivity index (χ1) is 16.4. The first kappa shape index (κ1) is 22.7. The van der Waals surface area contributed by atoms with Gasteiger partial charge in [-0.05, 0) is 54.8 Å². The lowest BCUT2D eigenvalue weighted by Gasteiger charge is -2.23. The standard InChI is InChI=1S/C27H22Cl2N2O3/c28-19-7-3-5-17(13-19)25(32)15-27(34)22-8-1-2-9-24(22)31(26(27)33)12-4-6-18-16-30-23-11-10-20(29)14-21(18)23/h1-3,5,7-11,13-14,16,30,34H,4,6,12,15H2/t27-/m1/s1. The molecule has 0 radical (unpaired) electrons. The molecule has 2 heterocycles. The Morgan fingerprint density at radius 3 is 2.62 bits per heavy atom. The Morgan fingerprint density at radius 2 is 1.79 bits per heavy atom. The molecule has 1 aromatic heterocycles. The summed E-state index contributed by atoms with van der Waals surface area (Å²) >= 11 is 12.2. The number of H-pyrrole nitrogens is 1. The van der Waals surface area contributed by atoms with Crippen LogP contribution in [0.25, 0.3) is 10.9 Å². The van der Waals surface area contributed by atoms with Crippen LogP contribution in [0.1, 0.15) is 34.3 Å². The van der Waals surface area contributed by atoms with E-state index in [1.165, 1.54) is 0 Å². The molecule has 0 saturated heterocycles. The number of aryl methyl sites for hydroxylation is 1. The summed E-state index contributed by atoms with van der Waals surface area (Å²) < 4.78 is 0. The maximum absolute atomic E-state index is 13.4. The number of Topliss-reactive ketones (excluding diaryl/α,β-unsaturated/α-hetero) is 1. The zero-order valence-electron chi connectivity index (χ0n) is 18.2. The summed E-state index contributed by atoms with van der Waals surface area (Å²) in [5.74, 6) is -0.822. The third-order valence-electron chi connectivity index (χ3n) is 6.36. The molecular formula is C27H22Cl2N2O3. The van der Waals surface area contributed by atoms with Crippen molar-refractivity contribution in [3.8, 4) is 0 Å². The van der Waals surface area contributed by atoms with E-state index in [1.807, 2.05) is 30.5 Å². The van der Waals surface area contributed by atoms with E-state index >= 15 is 0 Å². The third kappa shape index (κ3) is 4.00. The highest BCUT2D eigenvalue weighted by Gasteiger charge is 2.50. The van der Waals surface area contributed by atoms with Crippen LogP contribution in [-0.4, -0.2) is 28.3 Å². The number of para-hydroxylation sites is 1. The lowest BCUT2D eigenvalue weighted by atomic mass is 9.88. The van der Waals surface area contributed by atoms with Crippen molar-refractivity contribution in [1.82, 2.24) is 4.98 Å². The highest BCUT2D eigenvalue weighted by atomic mass is 35.5. The molecule has 5 rings (SSSR count). The maximum atomic E-state index is 13.4. The third-order valence-corrected chi connectivity index (χ3v) is 6.83. The van der Waals surface area contributed by atoms with E-state index in [4.69, 9.17) is 23.2 Å². The number of aromatic nitrogens is 1. The Labute approximate surface area is 206 Å². The van der Waals surface area contributed by atoms with Gasteiger partial charge in [0.25, 0.3) is 5.91 Å². The molecule has 0 unspecified atom stereocenters. The van der Waals surface area contributed by atoms with E-state index in [0.717, 1.165) is 22.9 Å². The van der Waals surface area contributed by atoms with Gasteiger partial charge in [0.05, 0.1) is 12.1 Å². The Bertz CT molecular complexity index is 1410. The predicted octanol–water partition coefficient (Wildman–Crippen LogP) is 5.91. The molecule has 1 amide bonds. The van der Waals surface area contributed by atoms with Crippen molar-refractivity contribution in [3.63, 3.8) is 0 Å². The minimum Gasteiger partial charge on any atom is -0.375 e. The van der Waals surface area contributed by atoms with Gasteiger partial charge < -0.3 is 15.0 Å². The number of aliphatic hydroxyl groups is 1. The number of rotatable bonds is 7. The Hall–Kier alpha value is -3.12. The zero-order chi connectivity index (χ0) is 23.9. The lowest BCUT2D eigenvalue weighted by molar-refractivity contribution is -0.135. The summed E-state index contributed by atoms with van der Waals surface area (Å²) in [5.41, 5.74) is 1.66. The van der Waals surface area contributed by atoms with Crippen molar-refractivity contribution in [2.75, 3.05) is 11.4 Å². The second kappa shape index (κ2) is 8.91. The molecule has 0 spiro atoms. The normalized spacial score (nSPS) is 17.4. The van der Waals surface area contributed by atoms with Gasteiger partial charge in [-0.1, -0.05) is 53.5 Å². The van der Waals surface area contributed by atoms with Gasteiger partial charge in [-0.2, -0.15) is 0 Å². The second-order valence-electron chi connectivity index (χ2n) is 8.55. The molecule has 2 N–H and O–H groups in total. The van der Waals surface area contributed by atoms with E-state index in [0.29, 0.717) is 39.8 Å². The SMILES string of the molecule is O=C(C[C@]1(O)C(=O)N(CCCc2c[nH]c3ccc(Cl)cc23)c2ccccc21)c1cccc(Cl)c1. The maximum Gasteiger partial charge on any atom is 0.264 e. The fourth-order valence-electron chi connectivity index (χ4n) is 4.68. The van der Waals surface area contributed by atoms with Gasteiger partial charge in [0.1, 0.15) is 0 Å². The van der Waals surface area contributed by atoms with E-state index < -0.39 is 11.5 Å². The number of hydrogen-bond acceptors (Lipinski definition) is 3. The number of nitrogens with one attached hydrogen (secondary N) is 1. The number of ketones is 1. The molecule has 3 aromatic carbocycles. The van der Waals surface area contributed by atoms with Gasteiger partial charge in [-0.3, -0.25) is 9.59 Å². The smallest absolute Gasteiger partial charge is 0.264 e. The number of hydrogen-bond donors (Lipinski definition) is 2. The van der Waals surface area contributed by atoms with Crippen LogP contribution in [-0.2, 0) is 16.8 Å². The van der Waals surface area contributed by atoms with E-state index in [-0.39, 0.29) is 12.2 Å². The first-order valence-corrected chi connectivity index (χ1v) is 11.8. The number of aromatic amines is 1. The summed E-state index contributed by atoms with van der Waals surface area (Å²) in [7, 11) is 0. The molecule has 0 fully saturated rings. The van der Waals surface area contributed by atoms with Crippen LogP contribution in [0.3, 0.4) is 0 Å². The Morgan fingerprint density at radius 1 is 1.00 bits per heavy atom. The number of halogens is 2. The second-order valence-corrected chi connectivity index (χ2v) is 9.42. The summed E-state index contributed by atoms with van der Waals surface area (Å²) in [6.45, 7) is 0.413. The number of carbonyl (C=O) groups is 2. The van der Waals surface area contributed by atoms with Crippen LogP contribution < -0.4 is 4.90 Å². The van der Waals surface area contributed by atoms with Crippen molar-refractivity contribution in [2.45, 2.75) is 24.9 Å². The molecule has 172 valence electrons. The van der Waals surface area contributed by atoms with Crippen LogP contribution in [0, 0.1) is 0 Å². The summed E-state index contributed by atoms with van der Waals surface area (Å²) in [4.78, 5) is 31.2. The van der Waals surface area contributed by atoms with Crippen LogP contribution in [0.4, 0.5) is 5.69 Å². The van der Waals surface area contributed by atoms with E-state index in [9.17, 15) is 14.7 Å². The quantitative estimate of drug-likeness (QED) is 0.314. The average molecular weight is 493 g/mol. The van der Waals surface area contributed by atoms with Gasteiger partial charge in [-0.15, -0.1) is 0 Å². The van der Waals surface area contributed by atoms with Crippen LogP contribution >= 0.6 is 23.2 Å². The highest BCUT2D eigenvalue weighted by molar-refractivity contribution is 6.31. The molecule has 4 aromatic rings. The molecule has 0 bridgehead atoms. The Kier molecular flexibility index (Phi) is 5.94. The molecule has 1 aliphatic heterocycles. The van der Waals surface area contributed by atoms with Crippen molar-refractivity contribution >= 4 is 51.5 Å². The van der Waals surface area contributed by atoms with Crippen molar-refractivity contribution in [3.05, 3.63) is 99.7 Å². The fourth-order valence-corrected chi connectivity index (χ4v) is 5.04.